The first-order chi connectivity index (χ1) is 8.69. The topological polar surface area (TPSA) is 51.1 Å². The van der Waals surface area contributed by atoms with Crippen LogP contribution in [0.25, 0.3) is 0 Å². The largest absolute Gasteiger partial charge is 0.493 e. The number of hydrogen-bond donors (Lipinski definition) is 0. The van der Waals surface area contributed by atoms with E-state index >= 15 is 0 Å². The quantitative estimate of drug-likeness (QED) is 0.765. The Morgan fingerprint density at radius 3 is 2.67 bits per heavy atom. The lowest BCUT2D eigenvalue weighted by Crippen LogP contribution is -2.17. The predicted octanol–water partition coefficient (Wildman–Crippen LogP) is 1.98. The molecule has 0 saturated heterocycles. The van der Waals surface area contributed by atoms with Crippen LogP contribution in [0.4, 0.5) is 0 Å². The molecule has 0 fully saturated rings. The summed E-state index contributed by atoms with van der Waals surface area (Å²) in [6, 6.07) is 5.59. The van der Waals surface area contributed by atoms with Gasteiger partial charge in [0.15, 0.2) is 11.5 Å². The number of methoxy groups -OCH3 is 2. The highest BCUT2D eigenvalue weighted by Crippen LogP contribution is 2.35. The van der Waals surface area contributed by atoms with Crippen molar-refractivity contribution in [2.75, 3.05) is 14.2 Å². The van der Waals surface area contributed by atoms with Crippen molar-refractivity contribution in [2.45, 2.75) is 19.4 Å². The van der Waals surface area contributed by atoms with Crippen molar-refractivity contribution in [3.63, 3.8) is 0 Å². The van der Waals surface area contributed by atoms with Gasteiger partial charge in [-0.2, -0.15) is 5.10 Å². The lowest BCUT2D eigenvalue weighted by Gasteiger charge is -2.19. The van der Waals surface area contributed by atoms with Crippen LogP contribution in [0.15, 0.2) is 23.3 Å². The molecule has 0 radical (unpaired) electrons. The van der Waals surface area contributed by atoms with Crippen LogP contribution in [-0.4, -0.2) is 31.4 Å². The van der Waals surface area contributed by atoms with E-state index in [9.17, 15) is 4.79 Å². The Balaban J connectivity index is 2.32. The lowest BCUT2D eigenvalue weighted by atomic mass is 10.0. The zero-order valence-electron chi connectivity index (χ0n) is 10.7. The molecule has 0 unspecified atom stereocenters. The summed E-state index contributed by atoms with van der Waals surface area (Å²) in [5, 5.41) is 5.61. The Kier molecular flexibility index (Phi) is 3.50. The molecule has 2 rings (SSSR count). The number of hydrogen-bond acceptors (Lipinski definition) is 4. The Morgan fingerprint density at radius 1 is 1.33 bits per heavy atom. The molecule has 0 aliphatic carbocycles. The molecular weight excluding hydrogens is 232 g/mol. The zero-order valence-corrected chi connectivity index (χ0v) is 10.7. The minimum atomic E-state index is -0.0534. The second-order valence-corrected chi connectivity index (χ2v) is 4.16. The smallest absolute Gasteiger partial charge is 0.230 e. The molecule has 5 heteroatoms. The molecule has 0 N–H and O–H groups in total. The summed E-state index contributed by atoms with van der Waals surface area (Å²) in [4.78, 5) is 11.0. The van der Waals surface area contributed by atoms with Crippen molar-refractivity contribution < 1.29 is 14.3 Å². The van der Waals surface area contributed by atoms with Crippen molar-refractivity contribution in [1.29, 1.82) is 0 Å². The minimum Gasteiger partial charge on any atom is -0.493 e. The van der Waals surface area contributed by atoms with E-state index in [2.05, 4.69) is 5.10 Å². The van der Waals surface area contributed by atoms with Gasteiger partial charge < -0.3 is 9.47 Å². The molecule has 1 amide bonds. The van der Waals surface area contributed by atoms with Gasteiger partial charge in [0.2, 0.25) is 6.41 Å². The first-order valence-electron chi connectivity index (χ1n) is 5.69. The fraction of sp³-hybridized carbons (Fsp3) is 0.385. The Labute approximate surface area is 106 Å². The van der Waals surface area contributed by atoms with E-state index in [1.165, 1.54) is 5.01 Å². The van der Waals surface area contributed by atoms with Crippen molar-refractivity contribution >= 4 is 12.1 Å². The van der Waals surface area contributed by atoms with Crippen LogP contribution in [0, 0.1) is 0 Å². The maximum atomic E-state index is 11.0. The average Bonchev–Trinajstić information content (AvgIpc) is 2.79. The Hall–Kier alpha value is -2.04. The monoisotopic (exact) mass is 248 g/mol. The summed E-state index contributed by atoms with van der Waals surface area (Å²) < 4.78 is 10.5. The molecule has 1 heterocycles. The standard InChI is InChI=1S/C13H16N2O3/c1-9-6-11(15(8-16)14-9)10-4-5-12(17-2)13(7-10)18-3/h4-5,7-8,11H,6H2,1-3H3/t11-/m1/s1. The maximum absolute atomic E-state index is 11.0. The summed E-state index contributed by atoms with van der Waals surface area (Å²) >= 11 is 0. The molecule has 96 valence electrons. The number of hydrazone groups is 1. The molecule has 1 aliphatic rings. The first kappa shape index (κ1) is 12.4. The maximum Gasteiger partial charge on any atom is 0.230 e. The van der Waals surface area contributed by atoms with Gasteiger partial charge in [-0.3, -0.25) is 4.79 Å². The van der Waals surface area contributed by atoms with Crippen LogP contribution in [0.5, 0.6) is 11.5 Å². The Bertz CT molecular complexity index is 485. The number of nitrogens with zero attached hydrogens (tertiary/aromatic N) is 2. The number of rotatable bonds is 4. The highest BCUT2D eigenvalue weighted by molar-refractivity contribution is 5.85. The van der Waals surface area contributed by atoms with Gasteiger partial charge in [-0.1, -0.05) is 6.07 Å². The molecule has 0 spiro atoms. The number of benzene rings is 1. The van der Waals surface area contributed by atoms with Crippen LogP contribution < -0.4 is 9.47 Å². The highest BCUT2D eigenvalue weighted by Gasteiger charge is 2.26. The summed E-state index contributed by atoms with van der Waals surface area (Å²) in [5.41, 5.74) is 1.93. The third-order valence-corrected chi connectivity index (χ3v) is 2.99. The summed E-state index contributed by atoms with van der Waals surface area (Å²) in [6.45, 7) is 1.91. The molecule has 0 bridgehead atoms. The van der Waals surface area contributed by atoms with Gasteiger partial charge in [0.25, 0.3) is 0 Å². The van der Waals surface area contributed by atoms with E-state index in [1.807, 2.05) is 25.1 Å². The minimum absolute atomic E-state index is 0.0534. The van der Waals surface area contributed by atoms with E-state index < -0.39 is 0 Å². The van der Waals surface area contributed by atoms with E-state index in [1.54, 1.807) is 14.2 Å². The van der Waals surface area contributed by atoms with E-state index in [0.717, 1.165) is 24.1 Å². The molecular formula is C13H16N2O3. The predicted molar refractivity (Wildman–Crippen MR) is 67.9 cm³/mol. The zero-order chi connectivity index (χ0) is 13.1. The van der Waals surface area contributed by atoms with Gasteiger partial charge in [-0.25, -0.2) is 5.01 Å². The van der Waals surface area contributed by atoms with Gasteiger partial charge in [-0.05, 0) is 24.6 Å². The third kappa shape index (κ3) is 2.16. The van der Waals surface area contributed by atoms with Gasteiger partial charge in [-0.15, -0.1) is 0 Å². The fourth-order valence-electron chi connectivity index (χ4n) is 2.11. The van der Waals surface area contributed by atoms with E-state index in [4.69, 9.17) is 9.47 Å². The van der Waals surface area contributed by atoms with E-state index in [-0.39, 0.29) is 6.04 Å². The molecule has 18 heavy (non-hydrogen) atoms. The summed E-state index contributed by atoms with van der Waals surface area (Å²) in [5.74, 6) is 1.33. The van der Waals surface area contributed by atoms with Gasteiger partial charge in [0.05, 0.1) is 20.3 Å². The molecule has 1 aromatic rings. The second-order valence-electron chi connectivity index (χ2n) is 4.16. The number of carbonyl (C=O) groups is 1. The first-order valence-corrected chi connectivity index (χ1v) is 5.69. The lowest BCUT2D eigenvalue weighted by molar-refractivity contribution is -0.119. The Morgan fingerprint density at radius 2 is 2.06 bits per heavy atom. The van der Waals surface area contributed by atoms with Crippen LogP contribution in [0.2, 0.25) is 0 Å². The van der Waals surface area contributed by atoms with Crippen LogP contribution in [0.1, 0.15) is 24.9 Å². The molecule has 1 atom stereocenters. The third-order valence-electron chi connectivity index (χ3n) is 2.99. The molecule has 0 saturated carbocycles. The van der Waals surface area contributed by atoms with Gasteiger partial charge in [0, 0.05) is 12.1 Å². The average molecular weight is 248 g/mol. The van der Waals surface area contributed by atoms with Gasteiger partial charge in [0.1, 0.15) is 0 Å². The van der Waals surface area contributed by atoms with E-state index in [0.29, 0.717) is 11.5 Å². The van der Waals surface area contributed by atoms with Crippen molar-refractivity contribution in [3.05, 3.63) is 23.8 Å². The normalized spacial score (nSPS) is 18.5. The number of amides is 1. The number of carbonyl (C=O) groups excluding carboxylic acids is 1. The van der Waals surface area contributed by atoms with Crippen molar-refractivity contribution in [3.8, 4) is 11.5 Å². The second kappa shape index (κ2) is 5.08. The molecule has 0 aromatic heterocycles. The fourth-order valence-corrected chi connectivity index (χ4v) is 2.11. The van der Waals surface area contributed by atoms with Crippen LogP contribution >= 0.6 is 0 Å². The molecule has 1 aromatic carbocycles. The van der Waals surface area contributed by atoms with Crippen LogP contribution in [0.3, 0.4) is 0 Å². The summed E-state index contributed by atoms with van der Waals surface area (Å²) in [6.07, 6.45) is 1.49. The van der Waals surface area contributed by atoms with Gasteiger partial charge >= 0.3 is 0 Å². The number of ether oxygens (including phenoxy) is 2. The summed E-state index contributed by atoms with van der Waals surface area (Å²) in [7, 11) is 3.19. The van der Waals surface area contributed by atoms with Crippen molar-refractivity contribution in [2.24, 2.45) is 5.10 Å². The van der Waals surface area contributed by atoms with Crippen LogP contribution in [-0.2, 0) is 4.79 Å². The SMILES string of the molecule is COc1ccc([C@H]2CC(C)=NN2C=O)cc1OC. The highest BCUT2D eigenvalue weighted by atomic mass is 16.5. The molecule has 1 aliphatic heterocycles. The molecule has 5 nitrogen and oxygen atoms in total. The van der Waals surface area contributed by atoms with Crippen molar-refractivity contribution in [1.82, 2.24) is 5.01 Å².